The monoisotopic (exact) mass is 585 g/mol. The minimum Gasteiger partial charge on any atom is -0.469 e. The van der Waals surface area contributed by atoms with Crippen LogP contribution in [0.5, 0.6) is 0 Å². The molecule has 3 rings (SSSR count). The quantitative estimate of drug-likeness (QED) is 0.303. The first-order valence-electron chi connectivity index (χ1n) is 14.3. The third-order valence-corrected chi connectivity index (χ3v) is 8.21. The highest BCUT2D eigenvalue weighted by Gasteiger charge is 2.45. The van der Waals surface area contributed by atoms with Crippen molar-refractivity contribution in [2.75, 3.05) is 45.3 Å². The van der Waals surface area contributed by atoms with Gasteiger partial charge in [-0.05, 0) is 75.5 Å². The van der Waals surface area contributed by atoms with Crippen LogP contribution in [0.15, 0.2) is 24.3 Å². The summed E-state index contributed by atoms with van der Waals surface area (Å²) < 4.78 is 54.8. The van der Waals surface area contributed by atoms with Crippen LogP contribution >= 0.6 is 0 Å². The molecule has 41 heavy (non-hydrogen) atoms. The molecule has 0 spiro atoms. The van der Waals surface area contributed by atoms with Gasteiger partial charge in [0.05, 0.1) is 19.6 Å². The lowest BCUT2D eigenvalue weighted by Gasteiger charge is -2.40. The van der Waals surface area contributed by atoms with E-state index in [2.05, 4.69) is 5.32 Å². The van der Waals surface area contributed by atoms with Crippen molar-refractivity contribution in [1.82, 2.24) is 9.80 Å². The van der Waals surface area contributed by atoms with Crippen LogP contribution < -0.4 is 5.32 Å². The molecule has 0 atom stereocenters. The maximum Gasteiger partial charge on any atom is 0.471 e. The molecule has 12 heteroatoms. The van der Waals surface area contributed by atoms with Gasteiger partial charge in [0, 0.05) is 38.0 Å². The van der Waals surface area contributed by atoms with Crippen LogP contribution in [0.25, 0.3) is 0 Å². The number of benzene rings is 1. The number of rotatable bonds is 10. The minimum atomic E-state index is -4.87. The third kappa shape index (κ3) is 8.57. The summed E-state index contributed by atoms with van der Waals surface area (Å²) >= 11 is 0. The Kier molecular flexibility index (Phi) is 11.4. The molecule has 1 aromatic rings. The molecule has 1 saturated carbocycles. The van der Waals surface area contributed by atoms with Crippen molar-refractivity contribution in [2.45, 2.75) is 83.2 Å². The Balaban J connectivity index is 1.68. The van der Waals surface area contributed by atoms with E-state index in [1.807, 2.05) is 32.9 Å². The van der Waals surface area contributed by atoms with Gasteiger partial charge in [0.15, 0.2) is 6.29 Å². The van der Waals surface area contributed by atoms with Crippen molar-refractivity contribution >= 4 is 23.6 Å². The number of hydrogen-bond donors (Lipinski definition) is 1. The summed E-state index contributed by atoms with van der Waals surface area (Å²) in [6, 6.07) is 6.87. The molecular weight excluding hydrogens is 543 g/mol. The zero-order valence-corrected chi connectivity index (χ0v) is 24.3. The van der Waals surface area contributed by atoms with E-state index >= 15 is 0 Å². The molecule has 9 nitrogen and oxygen atoms in total. The van der Waals surface area contributed by atoms with Crippen LogP contribution in [0, 0.1) is 5.92 Å². The largest absolute Gasteiger partial charge is 0.471 e. The molecule has 2 fully saturated rings. The molecular formula is C29H42F3N3O6. The second kappa shape index (κ2) is 14.4. The summed E-state index contributed by atoms with van der Waals surface area (Å²) in [4.78, 5) is 39.7. The molecule has 0 bridgehead atoms. The van der Waals surface area contributed by atoms with Gasteiger partial charge >= 0.3 is 24.1 Å². The summed E-state index contributed by atoms with van der Waals surface area (Å²) in [5.41, 5.74) is 1.11. The van der Waals surface area contributed by atoms with Crippen molar-refractivity contribution < 1.29 is 41.8 Å². The fourth-order valence-corrected chi connectivity index (χ4v) is 5.70. The number of piperidine rings is 1. The highest BCUT2D eigenvalue weighted by Crippen LogP contribution is 2.37. The van der Waals surface area contributed by atoms with Crippen LogP contribution in [-0.4, -0.2) is 86.2 Å². The van der Waals surface area contributed by atoms with Crippen molar-refractivity contribution in [2.24, 2.45) is 5.92 Å². The van der Waals surface area contributed by atoms with E-state index in [1.54, 1.807) is 17.0 Å². The zero-order valence-electron chi connectivity index (χ0n) is 24.3. The van der Waals surface area contributed by atoms with E-state index in [-0.39, 0.29) is 43.6 Å². The first kappa shape index (κ1) is 32.7. The molecule has 1 heterocycles. The Morgan fingerprint density at radius 2 is 1.59 bits per heavy atom. The Labute approximate surface area is 239 Å². The fraction of sp³-hybridized carbons (Fsp3) is 0.690. The van der Waals surface area contributed by atoms with Gasteiger partial charge in [0.2, 0.25) is 0 Å². The Morgan fingerprint density at radius 3 is 2.07 bits per heavy atom. The van der Waals surface area contributed by atoms with Crippen molar-refractivity contribution in [3.8, 4) is 0 Å². The van der Waals surface area contributed by atoms with Crippen LogP contribution in [0.1, 0.15) is 64.9 Å². The number of carbonyl (C=O) groups excluding carboxylic acids is 3. The zero-order chi connectivity index (χ0) is 30.2. The predicted octanol–water partition coefficient (Wildman–Crippen LogP) is 5.09. The van der Waals surface area contributed by atoms with Crippen molar-refractivity contribution in [3.05, 3.63) is 29.8 Å². The highest BCUT2D eigenvalue weighted by molar-refractivity contribution is 5.89. The minimum absolute atomic E-state index is 0.0291. The second-order valence-electron chi connectivity index (χ2n) is 10.9. The smallest absolute Gasteiger partial charge is 0.469 e. The van der Waals surface area contributed by atoms with Gasteiger partial charge in [-0.25, -0.2) is 4.79 Å². The number of anilines is 1. The normalized spacial score (nSPS) is 20.9. The molecule has 2 aliphatic rings. The Morgan fingerprint density at radius 1 is 1.02 bits per heavy atom. The summed E-state index contributed by atoms with van der Waals surface area (Å²) in [6.07, 6.45) is -2.13. The average Bonchev–Trinajstić information content (AvgIpc) is 2.95. The highest BCUT2D eigenvalue weighted by atomic mass is 19.4. The summed E-state index contributed by atoms with van der Waals surface area (Å²) in [5, 5.41) is 2.96. The van der Waals surface area contributed by atoms with Crippen LogP contribution in [0.3, 0.4) is 0 Å². The number of nitrogens with zero attached hydrogens (tertiary/aromatic N) is 2. The number of carbonyl (C=O) groups is 3. The van der Waals surface area contributed by atoms with Crippen LogP contribution in [0.2, 0.25) is 0 Å². The number of ether oxygens (including phenoxy) is 3. The van der Waals surface area contributed by atoms with Gasteiger partial charge in [0.1, 0.15) is 0 Å². The molecule has 230 valence electrons. The molecule has 1 aromatic carbocycles. The topological polar surface area (TPSA) is 97.4 Å². The predicted molar refractivity (Wildman–Crippen MR) is 146 cm³/mol. The van der Waals surface area contributed by atoms with E-state index in [1.165, 1.54) is 7.11 Å². The van der Waals surface area contributed by atoms with Gasteiger partial charge in [-0.3, -0.25) is 9.59 Å². The summed E-state index contributed by atoms with van der Waals surface area (Å²) in [6.45, 7) is 6.84. The van der Waals surface area contributed by atoms with E-state index in [9.17, 15) is 27.6 Å². The lowest BCUT2D eigenvalue weighted by atomic mass is 9.74. The molecule has 1 aliphatic carbocycles. The van der Waals surface area contributed by atoms with E-state index in [0.717, 1.165) is 10.5 Å². The lowest BCUT2D eigenvalue weighted by Crippen LogP contribution is -2.49. The number of hydrogen-bond acceptors (Lipinski definition) is 6. The molecule has 1 N–H and O–H groups in total. The SMILES string of the molecule is CCOC(CN(C(=O)Nc1ccc(C2(C)CCN(C(=O)C(F)(F)F)CC2)cc1)C1CCC(C(=O)OC)CC1)OCC. The van der Waals surface area contributed by atoms with Gasteiger partial charge in [0.25, 0.3) is 0 Å². The second-order valence-corrected chi connectivity index (χ2v) is 10.9. The molecule has 0 aromatic heterocycles. The molecule has 0 radical (unpaired) electrons. The Hall–Kier alpha value is -2.86. The number of methoxy groups -OCH3 is 1. The maximum absolute atomic E-state index is 13.5. The molecule has 1 saturated heterocycles. The first-order chi connectivity index (χ1) is 19.4. The van der Waals surface area contributed by atoms with Gasteiger partial charge in [-0.15, -0.1) is 0 Å². The number of urea groups is 1. The van der Waals surface area contributed by atoms with Gasteiger partial charge in [-0.1, -0.05) is 19.1 Å². The number of nitrogens with one attached hydrogen (secondary N) is 1. The summed E-state index contributed by atoms with van der Waals surface area (Å²) in [7, 11) is 1.38. The van der Waals surface area contributed by atoms with E-state index in [4.69, 9.17) is 14.2 Å². The summed E-state index contributed by atoms with van der Waals surface area (Å²) in [5.74, 6) is -2.20. The van der Waals surface area contributed by atoms with Gasteiger partial charge < -0.3 is 29.3 Å². The standard InChI is InChI=1S/C29H42F3N3O6/c1-5-40-24(41-6-2)19-35(23-13-7-20(8-14-23)25(36)39-4)27(38)33-22-11-9-21(10-12-22)28(3)15-17-34(18-16-28)26(37)29(30,31)32/h9-12,20,23-24H,5-8,13-19H2,1-4H3,(H,33,38). The number of alkyl halides is 3. The molecule has 1 aliphatic heterocycles. The number of amides is 3. The first-order valence-corrected chi connectivity index (χ1v) is 14.3. The van der Waals surface area contributed by atoms with Crippen molar-refractivity contribution in [3.63, 3.8) is 0 Å². The molecule has 0 unspecified atom stereocenters. The van der Waals surface area contributed by atoms with Crippen LogP contribution in [-0.2, 0) is 29.2 Å². The van der Waals surface area contributed by atoms with Crippen molar-refractivity contribution in [1.29, 1.82) is 0 Å². The third-order valence-electron chi connectivity index (χ3n) is 8.21. The van der Waals surface area contributed by atoms with Gasteiger partial charge in [-0.2, -0.15) is 13.2 Å². The van der Waals surface area contributed by atoms with Crippen LogP contribution in [0.4, 0.5) is 23.7 Å². The average molecular weight is 586 g/mol. The lowest BCUT2D eigenvalue weighted by molar-refractivity contribution is -0.186. The number of likely N-dealkylation sites (tertiary alicyclic amines) is 1. The fourth-order valence-electron chi connectivity index (χ4n) is 5.70. The van der Waals surface area contributed by atoms with E-state index in [0.29, 0.717) is 57.4 Å². The number of halogens is 3. The molecule has 3 amide bonds. The Bertz CT molecular complexity index is 1010. The number of esters is 1. The maximum atomic E-state index is 13.5. The van der Waals surface area contributed by atoms with E-state index < -0.39 is 23.8 Å².